The second kappa shape index (κ2) is 4.98. The van der Waals surface area contributed by atoms with Gasteiger partial charge in [0.25, 0.3) is 0 Å². The Balaban J connectivity index is 2.03. The van der Waals surface area contributed by atoms with Crippen molar-refractivity contribution in [3.05, 3.63) is 34.6 Å². The second-order valence-corrected chi connectivity index (χ2v) is 4.96. The van der Waals surface area contributed by atoms with Gasteiger partial charge in [0.05, 0.1) is 17.8 Å². The minimum Gasteiger partial charge on any atom is -0.324 e. The van der Waals surface area contributed by atoms with E-state index in [4.69, 9.17) is 5.73 Å². The number of hydrogen-bond donors (Lipinski definition) is 2. The highest BCUT2D eigenvalue weighted by atomic mass is 79.9. The first-order valence-corrected chi connectivity index (χ1v) is 6.22. The van der Waals surface area contributed by atoms with E-state index in [2.05, 4.69) is 26.2 Å². The molecule has 0 radical (unpaired) electrons. The topological polar surface area (TPSA) is 68.0 Å². The Morgan fingerprint density at radius 1 is 1.59 bits per heavy atom. The lowest BCUT2D eigenvalue weighted by Gasteiger charge is -2.11. The van der Waals surface area contributed by atoms with Crippen LogP contribution in [-0.4, -0.2) is 16.9 Å². The number of nitrogens with two attached hydrogens (primary N) is 1. The highest BCUT2D eigenvalue weighted by Gasteiger charge is 2.22. The van der Waals surface area contributed by atoms with E-state index >= 15 is 0 Å². The van der Waals surface area contributed by atoms with Gasteiger partial charge in [-0.2, -0.15) is 0 Å². The minimum atomic E-state index is -0.131. The minimum absolute atomic E-state index is 0.00414. The number of amides is 1. The van der Waals surface area contributed by atoms with Crippen molar-refractivity contribution in [3.63, 3.8) is 0 Å². The number of pyridine rings is 1. The summed E-state index contributed by atoms with van der Waals surface area (Å²) in [5.74, 6) is -0.160. The van der Waals surface area contributed by atoms with Crippen molar-refractivity contribution in [3.8, 4) is 0 Å². The van der Waals surface area contributed by atoms with Crippen molar-refractivity contribution in [2.75, 3.05) is 5.32 Å². The summed E-state index contributed by atoms with van der Waals surface area (Å²) in [4.78, 5) is 16.0. The molecule has 1 aromatic rings. The Hall–Kier alpha value is -1.20. The average Bonchev–Trinajstić information content (AvgIpc) is 2.70. The molecule has 1 aliphatic rings. The number of aromatic nitrogens is 1. The van der Waals surface area contributed by atoms with Crippen LogP contribution in [0.25, 0.3) is 0 Å². The van der Waals surface area contributed by atoms with Crippen LogP contribution in [0, 0.1) is 12.8 Å². The number of anilines is 1. The van der Waals surface area contributed by atoms with Gasteiger partial charge in [0.2, 0.25) is 5.91 Å². The monoisotopic (exact) mass is 295 g/mol. The first-order valence-electron chi connectivity index (χ1n) is 5.43. The van der Waals surface area contributed by atoms with Gasteiger partial charge in [0, 0.05) is 6.04 Å². The number of aryl methyl sites for hydroxylation is 1. The average molecular weight is 296 g/mol. The SMILES string of the molecule is Cc1cc(NC(=O)C2C=CC(N)C2)cnc1Br. The van der Waals surface area contributed by atoms with Crippen molar-refractivity contribution in [1.29, 1.82) is 0 Å². The summed E-state index contributed by atoms with van der Waals surface area (Å²) in [7, 11) is 0. The maximum atomic E-state index is 11.9. The number of rotatable bonds is 2. The zero-order chi connectivity index (χ0) is 12.4. The van der Waals surface area contributed by atoms with Crippen LogP contribution >= 0.6 is 15.9 Å². The van der Waals surface area contributed by atoms with Crippen LogP contribution in [0.4, 0.5) is 5.69 Å². The van der Waals surface area contributed by atoms with Gasteiger partial charge in [-0.05, 0) is 40.9 Å². The quantitative estimate of drug-likeness (QED) is 0.648. The molecule has 0 saturated heterocycles. The molecule has 2 atom stereocenters. The lowest BCUT2D eigenvalue weighted by molar-refractivity contribution is -0.118. The Kier molecular flexibility index (Phi) is 3.59. The molecule has 1 aliphatic carbocycles. The van der Waals surface area contributed by atoms with Crippen molar-refractivity contribution < 1.29 is 4.79 Å². The van der Waals surface area contributed by atoms with Gasteiger partial charge < -0.3 is 11.1 Å². The van der Waals surface area contributed by atoms with Gasteiger partial charge in [-0.25, -0.2) is 4.98 Å². The van der Waals surface area contributed by atoms with Crippen molar-refractivity contribution >= 4 is 27.5 Å². The molecule has 17 heavy (non-hydrogen) atoms. The number of nitrogens with zero attached hydrogens (tertiary/aromatic N) is 1. The van der Waals surface area contributed by atoms with E-state index in [1.807, 2.05) is 25.1 Å². The molecular weight excluding hydrogens is 282 g/mol. The lowest BCUT2D eigenvalue weighted by Crippen LogP contribution is -2.24. The summed E-state index contributed by atoms with van der Waals surface area (Å²) in [6.07, 6.45) is 6.04. The van der Waals surface area contributed by atoms with Crippen LogP contribution in [0.15, 0.2) is 29.0 Å². The van der Waals surface area contributed by atoms with E-state index in [1.54, 1.807) is 6.20 Å². The zero-order valence-corrected chi connectivity index (χ0v) is 11.1. The molecule has 3 N–H and O–H groups in total. The molecule has 0 aromatic carbocycles. The predicted molar refractivity (Wildman–Crippen MR) is 70.5 cm³/mol. The van der Waals surface area contributed by atoms with Crippen molar-refractivity contribution in [2.45, 2.75) is 19.4 Å². The number of halogens is 1. The Morgan fingerprint density at radius 3 is 2.94 bits per heavy atom. The van der Waals surface area contributed by atoms with E-state index in [0.717, 1.165) is 10.2 Å². The molecule has 2 rings (SSSR count). The second-order valence-electron chi connectivity index (χ2n) is 4.21. The smallest absolute Gasteiger partial charge is 0.231 e. The van der Waals surface area contributed by atoms with Gasteiger partial charge in [-0.1, -0.05) is 12.2 Å². The third kappa shape index (κ3) is 2.92. The fourth-order valence-corrected chi connectivity index (χ4v) is 2.00. The van der Waals surface area contributed by atoms with E-state index < -0.39 is 0 Å². The molecule has 2 unspecified atom stereocenters. The normalized spacial score (nSPS) is 22.8. The van der Waals surface area contributed by atoms with Crippen LogP contribution < -0.4 is 11.1 Å². The number of carbonyl (C=O) groups is 1. The molecule has 1 aromatic heterocycles. The van der Waals surface area contributed by atoms with Gasteiger partial charge in [-0.15, -0.1) is 0 Å². The van der Waals surface area contributed by atoms with Crippen LogP contribution in [0.1, 0.15) is 12.0 Å². The molecule has 1 amide bonds. The van der Waals surface area contributed by atoms with E-state index in [0.29, 0.717) is 12.1 Å². The fourth-order valence-electron chi connectivity index (χ4n) is 1.78. The highest BCUT2D eigenvalue weighted by Crippen LogP contribution is 2.20. The Bertz CT molecular complexity index is 473. The van der Waals surface area contributed by atoms with Crippen molar-refractivity contribution in [1.82, 2.24) is 4.98 Å². The maximum absolute atomic E-state index is 11.9. The summed E-state index contributed by atoms with van der Waals surface area (Å²) in [6.45, 7) is 1.93. The molecule has 1 heterocycles. The number of carbonyl (C=O) groups excluding carboxylic acids is 1. The summed E-state index contributed by atoms with van der Waals surface area (Å²) in [5.41, 5.74) is 7.41. The molecule has 90 valence electrons. The first-order chi connectivity index (χ1) is 8.06. The summed E-state index contributed by atoms with van der Waals surface area (Å²) in [5, 5.41) is 2.84. The molecule has 5 heteroatoms. The molecule has 4 nitrogen and oxygen atoms in total. The largest absolute Gasteiger partial charge is 0.324 e. The molecular formula is C12H14BrN3O. The molecule has 0 saturated carbocycles. The van der Waals surface area contributed by atoms with E-state index in [9.17, 15) is 4.79 Å². The standard InChI is InChI=1S/C12H14BrN3O/c1-7-4-10(6-15-11(7)13)16-12(17)8-2-3-9(14)5-8/h2-4,6,8-9H,5,14H2,1H3,(H,16,17). The predicted octanol–water partition coefficient (Wildman–Crippen LogP) is 1.99. The Morgan fingerprint density at radius 2 is 2.35 bits per heavy atom. The zero-order valence-electron chi connectivity index (χ0n) is 9.48. The van der Waals surface area contributed by atoms with Crippen LogP contribution in [-0.2, 0) is 4.79 Å². The maximum Gasteiger partial charge on any atom is 0.231 e. The summed E-state index contributed by atoms with van der Waals surface area (Å²) >= 11 is 3.32. The third-order valence-corrected chi connectivity index (χ3v) is 3.57. The summed E-state index contributed by atoms with van der Waals surface area (Å²) < 4.78 is 0.790. The number of hydrogen-bond acceptors (Lipinski definition) is 3. The van der Waals surface area contributed by atoms with Gasteiger partial charge >= 0.3 is 0 Å². The third-order valence-electron chi connectivity index (χ3n) is 2.74. The molecule has 0 bridgehead atoms. The van der Waals surface area contributed by atoms with E-state index in [-0.39, 0.29) is 17.9 Å². The first kappa shape index (κ1) is 12.3. The Labute approximate surface area is 108 Å². The summed E-state index contributed by atoms with van der Waals surface area (Å²) in [6, 6.07) is 1.88. The van der Waals surface area contributed by atoms with Crippen LogP contribution in [0.3, 0.4) is 0 Å². The fraction of sp³-hybridized carbons (Fsp3) is 0.333. The van der Waals surface area contributed by atoms with Crippen molar-refractivity contribution in [2.24, 2.45) is 11.7 Å². The van der Waals surface area contributed by atoms with Gasteiger partial charge in [0.15, 0.2) is 0 Å². The van der Waals surface area contributed by atoms with E-state index in [1.165, 1.54) is 0 Å². The van der Waals surface area contributed by atoms with Gasteiger partial charge in [0.1, 0.15) is 4.60 Å². The van der Waals surface area contributed by atoms with Gasteiger partial charge in [-0.3, -0.25) is 4.79 Å². The molecule has 0 aliphatic heterocycles. The molecule has 0 spiro atoms. The van der Waals surface area contributed by atoms with Crippen LogP contribution in [0.5, 0.6) is 0 Å². The number of nitrogens with one attached hydrogen (secondary N) is 1. The van der Waals surface area contributed by atoms with Crippen LogP contribution in [0.2, 0.25) is 0 Å². The molecule has 0 fully saturated rings. The highest BCUT2D eigenvalue weighted by molar-refractivity contribution is 9.10. The lowest BCUT2D eigenvalue weighted by atomic mass is 10.1.